The highest BCUT2D eigenvalue weighted by Gasteiger charge is 2.15. The largest absolute Gasteiger partial charge is 0.280 e. The molecule has 0 radical (unpaired) electrons. The van der Waals surface area contributed by atoms with Gasteiger partial charge >= 0.3 is 0 Å². The quantitative estimate of drug-likeness (QED) is 0.798. The Hall–Kier alpha value is -0.490. The molecule has 1 aromatic heterocycles. The summed E-state index contributed by atoms with van der Waals surface area (Å²) in [5, 5.41) is 0. The van der Waals surface area contributed by atoms with Gasteiger partial charge in [0.05, 0.1) is 4.90 Å². The molecular formula is C10H15BrN2O2S. The first-order valence-corrected chi connectivity index (χ1v) is 7.02. The van der Waals surface area contributed by atoms with E-state index in [1.807, 2.05) is 20.8 Å². The average molecular weight is 307 g/mol. The van der Waals surface area contributed by atoms with Crippen LogP contribution in [0.25, 0.3) is 0 Å². The molecule has 0 saturated heterocycles. The molecule has 0 amide bonds. The normalized spacial score (nSPS) is 10.8. The molecule has 0 unspecified atom stereocenters. The zero-order valence-electron chi connectivity index (χ0n) is 9.62. The molecule has 0 aliphatic carbocycles. The maximum Gasteiger partial charge on any atom is 0.280 e. The van der Waals surface area contributed by atoms with E-state index in [2.05, 4.69) is 15.9 Å². The minimum atomic E-state index is -0.139. The third-order valence-corrected chi connectivity index (χ3v) is 4.18. The van der Waals surface area contributed by atoms with Crippen LogP contribution < -0.4 is 11.1 Å². The summed E-state index contributed by atoms with van der Waals surface area (Å²) in [6.45, 7) is 6.68. The van der Waals surface area contributed by atoms with Crippen molar-refractivity contribution >= 4 is 27.7 Å². The number of halogens is 1. The predicted octanol–water partition coefficient (Wildman–Crippen LogP) is 1.92. The van der Waals surface area contributed by atoms with Gasteiger partial charge < -0.3 is 0 Å². The lowest BCUT2D eigenvalue weighted by atomic mass is 10.5. The molecule has 4 nitrogen and oxygen atoms in total. The zero-order valence-corrected chi connectivity index (χ0v) is 12.0. The molecule has 16 heavy (non-hydrogen) atoms. The Kier molecular flexibility index (Phi) is 4.86. The fourth-order valence-electron chi connectivity index (χ4n) is 1.54. The van der Waals surface area contributed by atoms with Crippen molar-refractivity contribution in [1.82, 2.24) is 9.36 Å². The maximum absolute atomic E-state index is 12.1. The van der Waals surface area contributed by atoms with E-state index in [0.717, 1.165) is 5.75 Å². The Morgan fingerprint density at radius 3 is 2.00 bits per heavy atom. The van der Waals surface area contributed by atoms with Gasteiger partial charge in [0.2, 0.25) is 0 Å². The molecule has 0 N–H and O–H groups in total. The second kappa shape index (κ2) is 5.72. The Morgan fingerprint density at radius 2 is 1.56 bits per heavy atom. The summed E-state index contributed by atoms with van der Waals surface area (Å²) >= 11 is 4.62. The summed E-state index contributed by atoms with van der Waals surface area (Å²) in [7, 11) is 0. The number of aromatic nitrogens is 2. The highest BCUT2D eigenvalue weighted by Crippen LogP contribution is 2.20. The van der Waals surface area contributed by atoms with Crippen molar-refractivity contribution in [3.05, 3.63) is 25.2 Å². The van der Waals surface area contributed by atoms with Crippen molar-refractivity contribution in [2.45, 2.75) is 38.8 Å². The lowest BCUT2D eigenvalue weighted by Gasteiger charge is -2.14. The lowest BCUT2D eigenvalue weighted by molar-refractivity contribution is 0.432. The van der Waals surface area contributed by atoms with Crippen LogP contribution in [0.1, 0.15) is 20.8 Å². The van der Waals surface area contributed by atoms with Crippen LogP contribution in [-0.2, 0) is 13.1 Å². The lowest BCUT2D eigenvalue weighted by Crippen LogP contribution is -2.39. The van der Waals surface area contributed by atoms with E-state index in [-0.39, 0.29) is 11.1 Å². The number of rotatable bonds is 4. The summed E-state index contributed by atoms with van der Waals surface area (Å²) in [6, 6.07) is 0. The number of nitrogens with zero attached hydrogens (tertiary/aromatic N) is 2. The molecule has 0 atom stereocenters. The molecule has 90 valence electrons. The van der Waals surface area contributed by atoms with Gasteiger partial charge in [0.15, 0.2) is 0 Å². The predicted molar refractivity (Wildman–Crippen MR) is 70.4 cm³/mol. The molecule has 0 aliphatic heterocycles. The van der Waals surface area contributed by atoms with Crippen LogP contribution in [-0.4, -0.2) is 15.1 Å². The molecule has 6 heteroatoms. The Bertz CT molecular complexity index is 493. The summed E-state index contributed by atoms with van der Waals surface area (Å²) in [5.41, 5.74) is -0.234. The Morgan fingerprint density at radius 1 is 1.06 bits per heavy atom. The van der Waals surface area contributed by atoms with E-state index in [0.29, 0.717) is 22.5 Å². The summed E-state index contributed by atoms with van der Waals surface area (Å²) in [4.78, 5) is 24.6. The average Bonchev–Trinajstić information content (AvgIpc) is 2.29. The van der Waals surface area contributed by atoms with Crippen molar-refractivity contribution in [3.8, 4) is 0 Å². The molecule has 1 rings (SSSR count). The molecule has 0 aromatic carbocycles. The van der Waals surface area contributed by atoms with Crippen LogP contribution in [0.15, 0.2) is 19.0 Å². The molecule has 0 bridgehead atoms. The van der Waals surface area contributed by atoms with E-state index < -0.39 is 0 Å². The van der Waals surface area contributed by atoms with Gasteiger partial charge in [0.25, 0.3) is 11.1 Å². The van der Waals surface area contributed by atoms with Gasteiger partial charge in [-0.2, -0.15) is 0 Å². The first-order chi connectivity index (χ1) is 7.58. The van der Waals surface area contributed by atoms with Crippen LogP contribution in [0.2, 0.25) is 0 Å². The minimum Gasteiger partial charge on any atom is -0.267 e. The Balaban J connectivity index is 3.63. The summed E-state index contributed by atoms with van der Waals surface area (Å²) in [5.74, 6) is 0.771. The van der Waals surface area contributed by atoms with Crippen molar-refractivity contribution < 1.29 is 0 Å². The van der Waals surface area contributed by atoms with E-state index in [1.54, 1.807) is 0 Å². The zero-order chi connectivity index (χ0) is 12.3. The highest BCUT2D eigenvalue weighted by molar-refractivity contribution is 9.10. The smallest absolute Gasteiger partial charge is 0.267 e. The molecule has 1 aromatic rings. The number of hydrogen-bond donors (Lipinski definition) is 0. The van der Waals surface area contributed by atoms with Crippen molar-refractivity contribution in [1.29, 1.82) is 0 Å². The van der Waals surface area contributed by atoms with Crippen LogP contribution in [0.4, 0.5) is 0 Å². The standard InChI is InChI=1S/C10H15BrN2O2S/c1-4-12-9(14)7(11)8(16-6-3)10(15)13(12)5-2/h4-6H2,1-3H3. The molecule has 0 aliphatic rings. The van der Waals surface area contributed by atoms with Gasteiger partial charge in [-0.05, 0) is 35.5 Å². The summed E-state index contributed by atoms with van der Waals surface area (Å²) in [6.07, 6.45) is 0. The molecule has 1 heterocycles. The van der Waals surface area contributed by atoms with Crippen LogP contribution in [0.5, 0.6) is 0 Å². The first-order valence-electron chi connectivity index (χ1n) is 5.24. The van der Waals surface area contributed by atoms with E-state index in [1.165, 1.54) is 21.1 Å². The maximum atomic E-state index is 12.1. The van der Waals surface area contributed by atoms with Gasteiger partial charge in [-0.15, -0.1) is 11.8 Å². The fraction of sp³-hybridized carbons (Fsp3) is 0.600. The van der Waals surface area contributed by atoms with Gasteiger partial charge in [-0.1, -0.05) is 6.92 Å². The van der Waals surface area contributed by atoms with Gasteiger partial charge in [0.1, 0.15) is 4.47 Å². The second-order valence-electron chi connectivity index (χ2n) is 3.12. The third-order valence-electron chi connectivity index (χ3n) is 2.23. The first kappa shape index (κ1) is 13.6. The van der Waals surface area contributed by atoms with E-state index in [9.17, 15) is 9.59 Å². The number of hydrogen-bond acceptors (Lipinski definition) is 3. The number of thioether (sulfide) groups is 1. The van der Waals surface area contributed by atoms with Gasteiger partial charge in [-0.3, -0.25) is 9.59 Å². The summed E-state index contributed by atoms with van der Waals surface area (Å²) < 4.78 is 3.34. The van der Waals surface area contributed by atoms with Crippen molar-refractivity contribution in [2.24, 2.45) is 0 Å². The second-order valence-corrected chi connectivity index (χ2v) is 5.19. The molecule has 0 spiro atoms. The third kappa shape index (κ3) is 2.27. The fourth-order valence-corrected chi connectivity index (χ4v) is 2.99. The monoisotopic (exact) mass is 306 g/mol. The van der Waals surface area contributed by atoms with Crippen LogP contribution in [0.3, 0.4) is 0 Å². The van der Waals surface area contributed by atoms with Crippen molar-refractivity contribution in [3.63, 3.8) is 0 Å². The molecule has 0 saturated carbocycles. The van der Waals surface area contributed by atoms with Crippen LogP contribution >= 0.6 is 27.7 Å². The Labute approximate surface area is 107 Å². The topological polar surface area (TPSA) is 44.0 Å². The van der Waals surface area contributed by atoms with E-state index >= 15 is 0 Å². The van der Waals surface area contributed by atoms with Gasteiger partial charge in [-0.25, -0.2) is 9.36 Å². The molecule has 0 fully saturated rings. The van der Waals surface area contributed by atoms with Crippen LogP contribution in [0, 0.1) is 0 Å². The van der Waals surface area contributed by atoms with Gasteiger partial charge in [0, 0.05) is 13.1 Å². The molecular weight excluding hydrogens is 292 g/mol. The van der Waals surface area contributed by atoms with Crippen molar-refractivity contribution in [2.75, 3.05) is 5.75 Å². The minimum absolute atomic E-state index is 0.0947. The highest BCUT2D eigenvalue weighted by atomic mass is 79.9. The SMILES string of the molecule is CCSc1c(Br)c(=O)n(CC)n(CC)c1=O. The van der Waals surface area contributed by atoms with E-state index in [4.69, 9.17) is 0 Å².